The molecule has 366 valence electrons. The highest BCUT2D eigenvalue weighted by Gasteiger charge is 2.23. The second-order valence-corrected chi connectivity index (χ2v) is 23.1. The van der Waals surface area contributed by atoms with Crippen LogP contribution in [0.3, 0.4) is 0 Å². The summed E-state index contributed by atoms with van der Waals surface area (Å²) in [6, 6.07) is 98.9. The second kappa shape index (κ2) is 17.4. The molecule has 0 saturated heterocycles. The van der Waals surface area contributed by atoms with Gasteiger partial charge in [-0.15, -0.1) is 22.7 Å². The largest absolute Gasteiger partial charge is 0.455 e. The van der Waals surface area contributed by atoms with E-state index >= 15 is 0 Å². The predicted octanol–water partition coefficient (Wildman–Crippen LogP) is 22.9. The van der Waals surface area contributed by atoms with Crippen molar-refractivity contribution in [3.63, 3.8) is 0 Å². The number of hydrogen-bond acceptors (Lipinski definition) is 3. The molecule has 17 aromatic rings. The number of rotatable bonds is 6. The summed E-state index contributed by atoms with van der Waals surface area (Å²) >= 11 is 3.74. The van der Waals surface area contributed by atoms with Crippen LogP contribution in [0, 0.1) is 0 Å². The van der Waals surface area contributed by atoms with E-state index in [1.54, 1.807) is 0 Å². The van der Waals surface area contributed by atoms with Crippen molar-refractivity contribution in [2.45, 2.75) is 0 Å². The lowest BCUT2D eigenvalue weighted by Crippen LogP contribution is -1.91. The van der Waals surface area contributed by atoms with E-state index in [1.165, 1.54) is 139 Å². The Morgan fingerprint density at radius 3 is 0.949 bits per heavy atom. The number of thiophene rings is 2. The maximum atomic E-state index is 7.26. The van der Waals surface area contributed by atoms with Gasteiger partial charge in [-0.25, -0.2) is 0 Å². The van der Waals surface area contributed by atoms with Crippen LogP contribution < -0.4 is 0 Å². The summed E-state index contributed by atoms with van der Waals surface area (Å²) in [5, 5.41) is 17.1. The third-order valence-corrected chi connectivity index (χ3v) is 19.0. The van der Waals surface area contributed by atoms with Crippen LogP contribution in [-0.2, 0) is 0 Å². The van der Waals surface area contributed by atoms with Gasteiger partial charge in [-0.3, -0.25) is 0 Å². The van der Waals surface area contributed by atoms with Crippen molar-refractivity contribution >= 4 is 128 Å². The molecule has 3 heterocycles. The topological polar surface area (TPSA) is 13.1 Å². The summed E-state index contributed by atoms with van der Waals surface area (Å²) < 4.78 is 12.5. The monoisotopic (exact) mass is 1040 g/mol. The van der Waals surface area contributed by atoms with E-state index in [-0.39, 0.29) is 0 Å². The van der Waals surface area contributed by atoms with Gasteiger partial charge in [0.2, 0.25) is 0 Å². The molecule has 0 amide bonds. The quantitative estimate of drug-likeness (QED) is 0.151. The standard InChI is InChI=1S/C76H44OS2/c1-3-16-45(17-4-1)47-31-36-68-63(40-47)65-42-49(33-38-70(65)78-68)72-53-20-7-9-22-55(53)74(56-23-10-8-21-54(56)72)51-30-35-52-61-28-15-29-62(76(61)77-67(52)44-51)75-59-26-13-11-24-57(59)73(58-25-12-14-27-60(58)75)50-34-39-71-66(43-50)64-41-48(32-37-69(64)79-71)46-18-5-2-6-19-46/h1-44H. The molecule has 14 aromatic carbocycles. The third-order valence-electron chi connectivity index (χ3n) is 16.6. The lowest BCUT2D eigenvalue weighted by atomic mass is 9.85. The molecule has 0 aliphatic rings. The Balaban J connectivity index is 0.821. The zero-order valence-corrected chi connectivity index (χ0v) is 44.3. The molecule has 0 spiro atoms. The molecule has 79 heavy (non-hydrogen) atoms. The lowest BCUT2D eigenvalue weighted by molar-refractivity contribution is 0.670. The number of para-hydroxylation sites is 1. The molecule has 0 aliphatic carbocycles. The Morgan fingerprint density at radius 2 is 0.532 bits per heavy atom. The summed E-state index contributed by atoms with van der Waals surface area (Å²) in [6.07, 6.45) is 0. The van der Waals surface area contributed by atoms with Gasteiger partial charge in [-0.1, -0.05) is 206 Å². The van der Waals surface area contributed by atoms with E-state index in [9.17, 15) is 0 Å². The molecule has 0 radical (unpaired) electrons. The molecule has 0 fully saturated rings. The zero-order chi connectivity index (χ0) is 51.7. The summed E-state index contributed by atoms with van der Waals surface area (Å²) in [5.41, 5.74) is 16.3. The highest BCUT2D eigenvalue weighted by atomic mass is 32.1. The highest BCUT2D eigenvalue weighted by molar-refractivity contribution is 7.26. The smallest absolute Gasteiger partial charge is 0.143 e. The first-order chi connectivity index (χ1) is 39.2. The maximum absolute atomic E-state index is 7.26. The van der Waals surface area contributed by atoms with E-state index in [0.717, 1.165) is 33.1 Å². The van der Waals surface area contributed by atoms with Crippen LogP contribution in [-0.4, -0.2) is 0 Å². The average molecular weight is 1040 g/mol. The van der Waals surface area contributed by atoms with E-state index < -0.39 is 0 Å². The number of furan rings is 1. The number of hydrogen-bond donors (Lipinski definition) is 0. The fourth-order valence-electron chi connectivity index (χ4n) is 13.1. The van der Waals surface area contributed by atoms with E-state index in [2.05, 4.69) is 267 Å². The minimum atomic E-state index is 0.874. The first-order valence-electron chi connectivity index (χ1n) is 27.0. The Bertz CT molecular complexity index is 5250. The molecule has 3 aromatic heterocycles. The van der Waals surface area contributed by atoms with E-state index in [0.29, 0.717) is 0 Å². The number of benzene rings is 14. The summed E-state index contributed by atoms with van der Waals surface area (Å²) in [4.78, 5) is 0. The van der Waals surface area contributed by atoms with Gasteiger partial charge in [-0.05, 0) is 159 Å². The van der Waals surface area contributed by atoms with Gasteiger partial charge < -0.3 is 4.42 Å². The molecular formula is C76H44OS2. The number of fused-ring (bicyclic) bond motifs is 13. The van der Waals surface area contributed by atoms with Crippen molar-refractivity contribution in [1.82, 2.24) is 0 Å². The first kappa shape index (κ1) is 44.5. The molecule has 0 N–H and O–H groups in total. The molecule has 0 aliphatic heterocycles. The van der Waals surface area contributed by atoms with Gasteiger partial charge in [-0.2, -0.15) is 0 Å². The van der Waals surface area contributed by atoms with Crippen molar-refractivity contribution < 1.29 is 4.42 Å². The van der Waals surface area contributed by atoms with Gasteiger partial charge in [0.1, 0.15) is 11.2 Å². The van der Waals surface area contributed by atoms with Crippen LogP contribution in [0.2, 0.25) is 0 Å². The summed E-state index contributed by atoms with van der Waals surface area (Å²) in [5.74, 6) is 0. The Labute approximate surface area is 463 Å². The van der Waals surface area contributed by atoms with Crippen molar-refractivity contribution in [1.29, 1.82) is 0 Å². The van der Waals surface area contributed by atoms with Gasteiger partial charge in [0.15, 0.2) is 0 Å². The van der Waals surface area contributed by atoms with Crippen LogP contribution >= 0.6 is 22.7 Å². The SMILES string of the molecule is c1ccc(-c2ccc3sc4ccc(-c5c6ccccc6c(-c6ccc7c(c6)oc6c(-c8c9ccccc9c(-c9ccc%10sc%11ccc(-c%12ccccc%12)cc%11c%10c9)c9ccccc89)cccc67)c6ccccc56)cc4c3c2)cc1. The first-order valence-corrected chi connectivity index (χ1v) is 28.7. The second-order valence-electron chi connectivity index (χ2n) is 21.0. The van der Waals surface area contributed by atoms with Gasteiger partial charge in [0.05, 0.1) is 0 Å². The Hall–Kier alpha value is -9.64. The van der Waals surface area contributed by atoms with Crippen LogP contribution in [0.1, 0.15) is 0 Å². The summed E-state index contributed by atoms with van der Waals surface area (Å²) in [6.45, 7) is 0. The van der Waals surface area contributed by atoms with Crippen LogP contribution in [0.5, 0.6) is 0 Å². The molecule has 17 rings (SSSR count). The lowest BCUT2D eigenvalue weighted by Gasteiger charge is -2.18. The van der Waals surface area contributed by atoms with Gasteiger partial charge in [0.25, 0.3) is 0 Å². The molecular weight excluding hydrogens is 993 g/mol. The van der Waals surface area contributed by atoms with Crippen LogP contribution in [0.15, 0.2) is 271 Å². The molecule has 3 heteroatoms. The fraction of sp³-hybridized carbons (Fsp3) is 0. The molecule has 0 unspecified atom stereocenters. The van der Waals surface area contributed by atoms with Gasteiger partial charge >= 0.3 is 0 Å². The molecule has 0 atom stereocenters. The van der Waals surface area contributed by atoms with E-state index in [4.69, 9.17) is 4.42 Å². The van der Waals surface area contributed by atoms with Crippen molar-refractivity contribution in [3.05, 3.63) is 267 Å². The molecule has 0 bridgehead atoms. The zero-order valence-electron chi connectivity index (χ0n) is 42.6. The minimum absolute atomic E-state index is 0.874. The van der Waals surface area contributed by atoms with Crippen LogP contribution in [0.4, 0.5) is 0 Å². The van der Waals surface area contributed by atoms with E-state index in [1.807, 2.05) is 22.7 Å². The van der Waals surface area contributed by atoms with Gasteiger partial charge in [0, 0.05) is 62.2 Å². The van der Waals surface area contributed by atoms with Crippen molar-refractivity contribution in [3.8, 4) is 66.8 Å². The molecule has 1 nitrogen and oxygen atoms in total. The van der Waals surface area contributed by atoms with Crippen LogP contribution in [0.25, 0.3) is 172 Å². The highest BCUT2D eigenvalue weighted by Crippen LogP contribution is 2.50. The minimum Gasteiger partial charge on any atom is -0.455 e. The van der Waals surface area contributed by atoms with Crippen molar-refractivity contribution in [2.75, 3.05) is 0 Å². The normalized spacial score (nSPS) is 12.1. The average Bonchev–Trinajstić information content (AvgIpc) is 4.24. The van der Waals surface area contributed by atoms with Crippen molar-refractivity contribution in [2.24, 2.45) is 0 Å². The Morgan fingerprint density at radius 1 is 0.203 bits per heavy atom. The Kier molecular flexibility index (Phi) is 9.82. The summed E-state index contributed by atoms with van der Waals surface area (Å²) in [7, 11) is 0. The fourth-order valence-corrected chi connectivity index (χ4v) is 15.3. The predicted molar refractivity (Wildman–Crippen MR) is 342 cm³/mol. The third kappa shape index (κ3) is 6.87. The maximum Gasteiger partial charge on any atom is 0.143 e. The molecule has 0 saturated carbocycles.